The number of aromatic nitrogens is 2. The average molecular weight is 274 g/mol. The molecule has 2 heterocycles. The zero-order valence-electron chi connectivity index (χ0n) is 9.50. The molecule has 9 heteroatoms. The standard InChI is InChI=1S/C9H11FN4O3S/c1-5-2-7(13-9(11)12-5)14-4-6(3-8(14)15)18(10,16)17/h2,6H,3-4H2,1H3,(H2,11,12,13). The summed E-state index contributed by atoms with van der Waals surface area (Å²) in [5.74, 6) is -0.334. The Kier molecular flexibility index (Phi) is 2.93. The van der Waals surface area contributed by atoms with Gasteiger partial charge in [-0.25, -0.2) is 4.98 Å². The molecular formula is C9H11FN4O3S. The van der Waals surface area contributed by atoms with E-state index in [1.54, 1.807) is 6.92 Å². The summed E-state index contributed by atoms with van der Waals surface area (Å²) in [6.45, 7) is 1.40. The first kappa shape index (κ1) is 12.7. The second kappa shape index (κ2) is 4.16. The number of carbonyl (C=O) groups is 1. The molecule has 2 N–H and O–H groups in total. The summed E-state index contributed by atoms with van der Waals surface area (Å²) in [6, 6.07) is 1.49. The van der Waals surface area contributed by atoms with E-state index in [4.69, 9.17) is 5.73 Å². The van der Waals surface area contributed by atoms with E-state index >= 15 is 0 Å². The number of nitrogens with two attached hydrogens (primary N) is 1. The van der Waals surface area contributed by atoms with Gasteiger partial charge in [0.2, 0.25) is 11.9 Å². The molecule has 1 fully saturated rings. The maximum absolute atomic E-state index is 12.9. The van der Waals surface area contributed by atoms with Crippen LogP contribution in [0, 0.1) is 6.92 Å². The fourth-order valence-electron chi connectivity index (χ4n) is 1.80. The van der Waals surface area contributed by atoms with E-state index in [-0.39, 0.29) is 24.7 Å². The summed E-state index contributed by atoms with van der Waals surface area (Å²) < 4.78 is 34.4. The number of nitrogen functional groups attached to an aromatic ring is 1. The SMILES string of the molecule is Cc1cc(N2CC(S(=O)(=O)F)CC2=O)nc(N)n1. The highest BCUT2D eigenvalue weighted by molar-refractivity contribution is 7.87. The van der Waals surface area contributed by atoms with Crippen molar-refractivity contribution in [3.05, 3.63) is 11.8 Å². The lowest BCUT2D eigenvalue weighted by Crippen LogP contribution is -2.28. The van der Waals surface area contributed by atoms with E-state index in [1.165, 1.54) is 6.07 Å². The van der Waals surface area contributed by atoms with E-state index < -0.39 is 21.4 Å². The topological polar surface area (TPSA) is 106 Å². The summed E-state index contributed by atoms with van der Waals surface area (Å²) >= 11 is 0. The van der Waals surface area contributed by atoms with Crippen molar-refractivity contribution < 1.29 is 17.1 Å². The van der Waals surface area contributed by atoms with Gasteiger partial charge in [-0.2, -0.15) is 13.4 Å². The normalized spacial score (nSPS) is 20.4. The highest BCUT2D eigenvalue weighted by Gasteiger charge is 2.39. The predicted octanol–water partition coefficient (Wildman–Crippen LogP) is -0.228. The van der Waals surface area contributed by atoms with Gasteiger partial charge in [-0.3, -0.25) is 9.69 Å². The maximum atomic E-state index is 12.9. The Morgan fingerprint density at radius 3 is 2.67 bits per heavy atom. The third-order valence-corrected chi connectivity index (χ3v) is 3.73. The fourth-order valence-corrected chi connectivity index (χ4v) is 2.47. The van der Waals surface area contributed by atoms with E-state index in [1.807, 2.05) is 0 Å². The van der Waals surface area contributed by atoms with Gasteiger partial charge in [-0.15, -0.1) is 3.89 Å². The third kappa shape index (κ3) is 2.40. The van der Waals surface area contributed by atoms with Crippen molar-refractivity contribution in [3.63, 3.8) is 0 Å². The van der Waals surface area contributed by atoms with Crippen LogP contribution in [0.4, 0.5) is 15.7 Å². The zero-order chi connectivity index (χ0) is 13.5. The van der Waals surface area contributed by atoms with Gasteiger partial charge in [0.1, 0.15) is 11.1 Å². The molecule has 18 heavy (non-hydrogen) atoms. The molecule has 1 aromatic rings. The van der Waals surface area contributed by atoms with Gasteiger partial charge in [0.15, 0.2) is 0 Å². The molecule has 0 aliphatic carbocycles. The minimum atomic E-state index is -4.73. The highest BCUT2D eigenvalue weighted by atomic mass is 32.3. The molecule has 2 rings (SSSR count). The molecule has 0 aromatic carbocycles. The zero-order valence-corrected chi connectivity index (χ0v) is 10.3. The molecule has 7 nitrogen and oxygen atoms in total. The Morgan fingerprint density at radius 2 is 2.17 bits per heavy atom. The lowest BCUT2D eigenvalue weighted by molar-refractivity contribution is -0.117. The van der Waals surface area contributed by atoms with Crippen molar-refractivity contribution in [1.82, 2.24) is 9.97 Å². The number of anilines is 2. The Morgan fingerprint density at radius 1 is 1.50 bits per heavy atom. The van der Waals surface area contributed by atoms with Crippen LogP contribution in [0.5, 0.6) is 0 Å². The number of nitrogens with zero attached hydrogens (tertiary/aromatic N) is 3. The Bertz CT molecular complexity index is 584. The number of carbonyl (C=O) groups excluding carboxylic acids is 1. The molecule has 98 valence electrons. The summed E-state index contributed by atoms with van der Waals surface area (Å²) in [5, 5.41) is -1.35. The van der Waals surface area contributed by atoms with Gasteiger partial charge in [0.05, 0.1) is 0 Å². The lowest BCUT2D eigenvalue weighted by atomic mass is 10.4. The van der Waals surface area contributed by atoms with Gasteiger partial charge in [-0.05, 0) is 6.92 Å². The molecule has 1 aromatic heterocycles. The second-order valence-corrected chi connectivity index (χ2v) is 5.65. The van der Waals surface area contributed by atoms with E-state index in [9.17, 15) is 17.1 Å². The number of amides is 1. The molecule has 1 aliphatic rings. The number of hydrogen-bond acceptors (Lipinski definition) is 6. The number of aryl methyl sites for hydroxylation is 1. The first-order valence-electron chi connectivity index (χ1n) is 5.12. The fraction of sp³-hybridized carbons (Fsp3) is 0.444. The lowest BCUT2D eigenvalue weighted by Gasteiger charge is -2.15. The van der Waals surface area contributed by atoms with Crippen LogP contribution in [0.15, 0.2) is 6.07 Å². The van der Waals surface area contributed by atoms with Crippen LogP contribution in [-0.4, -0.2) is 36.1 Å². The third-order valence-electron chi connectivity index (χ3n) is 2.62. The predicted molar refractivity (Wildman–Crippen MR) is 62.0 cm³/mol. The number of halogens is 1. The molecule has 0 radical (unpaired) electrons. The van der Waals surface area contributed by atoms with Gasteiger partial charge in [0.25, 0.3) is 0 Å². The summed E-state index contributed by atoms with van der Waals surface area (Å²) in [4.78, 5) is 20.4. The molecule has 0 bridgehead atoms. The molecule has 0 saturated carbocycles. The second-order valence-electron chi connectivity index (χ2n) is 4.03. The minimum absolute atomic E-state index is 0.0237. The number of hydrogen-bond donors (Lipinski definition) is 1. The molecule has 0 spiro atoms. The Hall–Kier alpha value is -1.77. The average Bonchev–Trinajstić information content (AvgIpc) is 2.58. The molecular weight excluding hydrogens is 263 g/mol. The van der Waals surface area contributed by atoms with Crippen molar-refractivity contribution in [2.75, 3.05) is 17.2 Å². The van der Waals surface area contributed by atoms with Crippen molar-refractivity contribution >= 4 is 27.9 Å². The molecule has 1 atom stereocenters. The van der Waals surface area contributed by atoms with Crippen molar-refractivity contribution in [2.45, 2.75) is 18.6 Å². The van der Waals surface area contributed by atoms with E-state index in [2.05, 4.69) is 9.97 Å². The van der Waals surface area contributed by atoms with Crippen LogP contribution in [0.1, 0.15) is 12.1 Å². The van der Waals surface area contributed by atoms with Gasteiger partial charge in [-0.1, -0.05) is 0 Å². The van der Waals surface area contributed by atoms with Crippen LogP contribution in [-0.2, 0) is 15.0 Å². The van der Waals surface area contributed by atoms with Crippen molar-refractivity contribution in [3.8, 4) is 0 Å². The van der Waals surface area contributed by atoms with Crippen LogP contribution in [0.2, 0.25) is 0 Å². The van der Waals surface area contributed by atoms with Crippen molar-refractivity contribution in [1.29, 1.82) is 0 Å². The van der Waals surface area contributed by atoms with Crippen LogP contribution in [0.25, 0.3) is 0 Å². The van der Waals surface area contributed by atoms with Gasteiger partial charge < -0.3 is 5.73 Å². The van der Waals surface area contributed by atoms with E-state index in [0.717, 1.165) is 4.90 Å². The smallest absolute Gasteiger partial charge is 0.307 e. The van der Waals surface area contributed by atoms with Crippen LogP contribution >= 0.6 is 0 Å². The molecule has 1 saturated heterocycles. The van der Waals surface area contributed by atoms with Crippen LogP contribution in [0.3, 0.4) is 0 Å². The first-order chi connectivity index (χ1) is 8.27. The summed E-state index contributed by atoms with van der Waals surface area (Å²) in [7, 11) is -4.73. The van der Waals surface area contributed by atoms with Gasteiger partial charge in [0, 0.05) is 24.7 Å². The Balaban J connectivity index is 2.32. The monoisotopic (exact) mass is 274 g/mol. The summed E-state index contributed by atoms with van der Waals surface area (Å²) in [5.41, 5.74) is 5.98. The number of rotatable bonds is 2. The van der Waals surface area contributed by atoms with Crippen molar-refractivity contribution in [2.24, 2.45) is 0 Å². The molecule has 1 unspecified atom stereocenters. The largest absolute Gasteiger partial charge is 0.368 e. The first-order valence-corrected chi connectivity index (χ1v) is 6.57. The summed E-state index contributed by atoms with van der Waals surface area (Å²) in [6.07, 6.45) is -0.387. The Labute approximate surface area is 103 Å². The highest BCUT2D eigenvalue weighted by Crippen LogP contribution is 2.25. The van der Waals surface area contributed by atoms with Gasteiger partial charge >= 0.3 is 10.2 Å². The van der Waals surface area contributed by atoms with E-state index in [0.29, 0.717) is 5.69 Å². The minimum Gasteiger partial charge on any atom is -0.368 e. The molecule has 1 amide bonds. The quantitative estimate of drug-likeness (QED) is 0.747. The van der Waals surface area contributed by atoms with Crippen LogP contribution < -0.4 is 10.6 Å². The molecule has 1 aliphatic heterocycles. The maximum Gasteiger partial charge on any atom is 0.307 e.